The van der Waals surface area contributed by atoms with E-state index < -0.39 is 11.6 Å². The minimum absolute atomic E-state index is 0.274. The molecule has 1 atom stereocenters. The Labute approximate surface area is 132 Å². The number of aryl methyl sites for hydroxylation is 1. The van der Waals surface area contributed by atoms with Crippen molar-refractivity contribution in [1.29, 1.82) is 0 Å². The van der Waals surface area contributed by atoms with Crippen molar-refractivity contribution in [3.8, 4) is 0 Å². The third kappa shape index (κ3) is 3.00. The molecule has 2 rings (SSSR count). The molecular weight excluding hydrogens is 276 g/mol. The number of rotatable bonds is 3. The first-order chi connectivity index (χ1) is 10.3. The molecule has 118 valence electrons. The average Bonchev–Trinajstić information content (AvgIpc) is 2.49. The van der Waals surface area contributed by atoms with E-state index in [2.05, 4.69) is 24.7 Å². The summed E-state index contributed by atoms with van der Waals surface area (Å²) in [5.41, 5.74) is 1.56. The predicted molar refractivity (Wildman–Crippen MR) is 87.4 cm³/mol. The molecule has 0 aromatic heterocycles. The van der Waals surface area contributed by atoms with Crippen molar-refractivity contribution in [2.75, 3.05) is 7.11 Å². The van der Waals surface area contributed by atoms with Crippen LogP contribution in [0.15, 0.2) is 48.1 Å². The SMILES string of the molecule is COC(=O)/C=C(C)\C=C\[C@@]1(O)c2ccccc2CCC1(C)C. The smallest absolute Gasteiger partial charge is 0.330 e. The zero-order valence-electron chi connectivity index (χ0n) is 13.7. The second kappa shape index (κ2) is 6.09. The number of hydrogen-bond acceptors (Lipinski definition) is 3. The molecule has 0 unspecified atom stereocenters. The number of ether oxygens (including phenoxy) is 1. The highest BCUT2D eigenvalue weighted by Gasteiger charge is 2.46. The maximum absolute atomic E-state index is 11.4. The van der Waals surface area contributed by atoms with Gasteiger partial charge < -0.3 is 9.84 Å². The van der Waals surface area contributed by atoms with Gasteiger partial charge in [-0.05, 0) is 42.5 Å². The van der Waals surface area contributed by atoms with E-state index in [1.807, 2.05) is 25.1 Å². The van der Waals surface area contributed by atoms with Crippen molar-refractivity contribution in [1.82, 2.24) is 0 Å². The van der Waals surface area contributed by atoms with Crippen LogP contribution >= 0.6 is 0 Å². The van der Waals surface area contributed by atoms with Crippen molar-refractivity contribution in [3.05, 3.63) is 59.2 Å². The van der Waals surface area contributed by atoms with E-state index in [1.165, 1.54) is 18.7 Å². The van der Waals surface area contributed by atoms with Crippen molar-refractivity contribution in [3.63, 3.8) is 0 Å². The molecule has 0 heterocycles. The zero-order chi connectivity index (χ0) is 16.4. The summed E-state index contributed by atoms with van der Waals surface area (Å²) in [5.74, 6) is -0.391. The number of aliphatic hydroxyl groups is 1. The number of hydrogen-bond donors (Lipinski definition) is 1. The summed E-state index contributed by atoms with van der Waals surface area (Å²) in [6, 6.07) is 8.01. The average molecular weight is 300 g/mol. The lowest BCUT2D eigenvalue weighted by Gasteiger charge is -2.46. The molecule has 0 saturated carbocycles. The van der Waals surface area contributed by atoms with Crippen LogP contribution in [0.4, 0.5) is 0 Å². The van der Waals surface area contributed by atoms with Gasteiger partial charge in [0, 0.05) is 11.5 Å². The van der Waals surface area contributed by atoms with Gasteiger partial charge in [0.2, 0.25) is 0 Å². The van der Waals surface area contributed by atoms with Gasteiger partial charge in [-0.15, -0.1) is 0 Å². The van der Waals surface area contributed by atoms with Crippen LogP contribution in [0.5, 0.6) is 0 Å². The lowest BCUT2D eigenvalue weighted by atomic mass is 9.62. The van der Waals surface area contributed by atoms with Crippen LogP contribution in [0.2, 0.25) is 0 Å². The van der Waals surface area contributed by atoms with Gasteiger partial charge in [-0.25, -0.2) is 4.79 Å². The fraction of sp³-hybridized carbons (Fsp3) is 0.421. The second-order valence-corrected chi connectivity index (χ2v) is 6.55. The fourth-order valence-electron chi connectivity index (χ4n) is 2.97. The predicted octanol–water partition coefficient (Wildman–Crippen LogP) is 3.52. The van der Waals surface area contributed by atoms with E-state index >= 15 is 0 Å². The minimum Gasteiger partial charge on any atom is -0.466 e. The van der Waals surface area contributed by atoms with Gasteiger partial charge >= 0.3 is 5.97 Å². The molecule has 1 aliphatic rings. The Morgan fingerprint density at radius 2 is 2.00 bits per heavy atom. The Morgan fingerprint density at radius 1 is 1.32 bits per heavy atom. The Balaban J connectivity index is 2.42. The Bertz CT molecular complexity index is 625. The van der Waals surface area contributed by atoms with Crippen LogP contribution in [0.25, 0.3) is 0 Å². The molecule has 1 aromatic carbocycles. The largest absolute Gasteiger partial charge is 0.466 e. The lowest BCUT2D eigenvalue weighted by Crippen LogP contribution is -2.44. The summed E-state index contributed by atoms with van der Waals surface area (Å²) >= 11 is 0. The van der Waals surface area contributed by atoms with Gasteiger partial charge in [0.15, 0.2) is 0 Å². The van der Waals surface area contributed by atoms with Crippen molar-refractivity contribution >= 4 is 5.97 Å². The second-order valence-electron chi connectivity index (χ2n) is 6.55. The first-order valence-electron chi connectivity index (χ1n) is 7.56. The van der Waals surface area contributed by atoms with E-state index in [1.54, 1.807) is 12.2 Å². The van der Waals surface area contributed by atoms with E-state index in [0.717, 1.165) is 24.0 Å². The molecule has 0 saturated heterocycles. The highest BCUT2D eigenvalue weighted by atomic mass is 16.5. The Kier molecular flexibility index (Phi) is 4.57. The molecule has 3 nitrogen and oxygen atoms in total. The highest BCUT2D eigenvalue weighted by molar-refractivity contribution is 5.83. The van der Waals surface area contributed by atoms with E-state index in [4.69, 9.17) is 0 Å². The third-order valence-corrected chi connectivity index (χ3v) is 4.61. The standard InChI is InChI=1S/C19H24O3/c1-14(13-17(20)22-4)9-12-19(21)16-8-6-5-7-15(16)10-11-18(19,2)3/h5-9,12-13,21H,10-11H2,1-4H3/b12-9+,14-13-/t19-/m1/s1. The maximum atomic E-state index is 11.4. The molecule has 1 aliphatic carbocycles. The van der Waals surface area contributed by atoms with Crippen LogP contribution in [0.3, 0.4) is 0 Å². The molecule has 0 fully saturated rings. The molecule has 3 heteroatoms. The van der Waals surface area contributed by atoms with Gasteiger partial charge in [0.05, 0.1) is 7.11 Å². The first kappa shape index (κ1) is 16.5. The summed E-state index contributed by atoms with van der Waals surface area (Å²) < 4.78 is 4.62. The first-order valence-corrected chi connectivity index (χ1v) is 7.56. The normalized spacial score (nSPS) is 24.1. The number of carbonyl (C=O) groups excluding carboxylic acids is 1. The maximum Gasteiger partial charge on any atom is 0.330 e. The van der Waals surface area contributed by atoms with Gasteiger partial charge in [0.25, 0.3) is 0 Å². The van der Waals surface area contributed by atoms with Crippen molar-refractivity contribution < 1.29 is 14.6 Å². The van der Waals surface area contributed by atoms with E-state index in [0.29, 0.717) is 0 Å². The molecular formula is C19H24O3. The molecule has 22 heavy (non-hydrogen) atoms. The number of carbonyl (C=O) groups is 1. The van der Waals surface area contributed by atoms with E-state index in [9.17, 15) is 9.90 Å². The highest BCUT2D eigenvalue weighted by Crippen LogP contribution is 2.49. The monoisotopic (exact) mass is 300 g/mol. The van der Waals surface area contributed by atoms with Gasteiger partial charge in [-0.1, -0.05) is 44.2 Å². The molecule has 0 aliphatic heterocycles. The molecule has 1 N–H and O–H groups in total. The van der Waals surface area contributed by atoms with Crippen LogP contribution in [-0.4, -0.2) is 18.2 Å². The fourth-order valence-corrected chi connectivity index (χ4v) is 2.97. The van der Waals surface area contributed by atoms with Gasteiger partial charge in [-0.2, -0.15) is 0 Å². The summed E-state index contributed by atoms with van der Waals surface area (Å²) in [7, 11) is 1.35. The van der Waals surface area contributed by atoms with Crippen LogP contribution < -0.4 is 0 Å². The summed E-state index contributed by atoms with van der Waals surface area (Å²) in [4.78, 5) is 11.3. The van der Waals surface area contributed by atoms with Gasteiger partial charge in [0.1, 0.15) is 5.60 Å². The molecule has 0 amide bonds. The molecule has 0 radical (unpaired) electrons. The van der Waals surface area contributed by atoms with Crippen molar-refractivity contribution in [2.45, 2.75) is 39.2 Å². The quantitative estimate of drug-likeness (QED) is 0.528. The third-order valence-electron chi connectivity index (χ3n) is 4.61. The minimum atomic E-state index is -1.05. The van der Waals surface area contributed by atoms with Crippen molar-refractivity contribution in [2.24, 2.45) is 5.41 Å². The van der Waals surface area contributed by atoms with Crippen LogP contribution in [0.1, 0.15) is 38.3 Å². The summed E-state index contributed by atoms with van der Waals surface area (Å²) in [6.45, 7) is 5.97. The lowest BCUT2D eigenvalue weighted by molar-refractivity contribution is -0.134. The number of benzene rings is 1. The van der Waals surface area contributed by atoms with Gasteiger partial charge in [-0.3, -0.25) is 0 Å². The Hall–Kier alpha value is -1.87. The number of methoxy groups -OCH3 is 1. The molecule has 0 bridgehead atoms. The molecule has 1 aromatic rings. The summed E-state index contributed by atoms with van der Waals surface area (Å²) in [6.07, 6.45) is 6.89. The zero-order valence-corrected chi connectivity index (χ0v) is 13.7. The van der Waals surface area contributed by atoms with Crippen LogP contribution in [-0.2, 0) is 21.6 Å². The topological polar surface area (TPSA) is 46.5 Å². The molecule has 0 spiro atoms. The number of allylic oxidation sites excluding steroid dienone is 2. The Morgan fingerprint density at radius 3 is 2.68 bits per heavy atom. The van der Waals surface area contributed by atoms with Crippen LogP contribution in [0, 0.1) is 5.41 Å². The number of esters is 1. The van der Waals surface area contributed by atoms with E-state index in [-0.39, 0.29) is 5.41 Å². The summed E-state index contributed by atoms with van der Waals surface area (Å²) in [5, 5.41) is 11.4. The number of fused-ring (bicyclic) bond motifs is 1.